The van der Waals surface area contributed by atoms with Gasteiger partial charge in [0.2, 0.25) is 0 Å². The number of hydrogen-bond donors (Lipinski definition) is 1. The fourth-order valence-corrected chi connectivity index (χ4v) is 2.90. The molecule has 0 spiro atoms. The molecule has 0 heterocycles. The Balaban J connectivity index is 1.93. The zero-order valence-electron chi connectivity index (χ0n) is 11.7. The number of carboxylic acids is 1. The maximum atomic E-state index is 11.0. The van der Waals surface area contributed by atoms with E-state index in [1.807, 2.05) is 6.07 Å². The van der Waals surface area contributed by atoms with Gasteiger partial charge in [0.15, 0.2) is 0 Å². The minimum atomic E-state index is -0.687. The van der Waals surface area contributed by atoms with Crippen molar-refractivity contribution in [1.82, 2.24) is 0 Å². The van der Waals surface area contributed by atoms with E-state index in [1.54, 1.807) is 18.2 Å². The minimum absolute atomic E-state index is 0.0868. The Hall–Kier alpha value is -1.73. The van der Waals surface area contributed by atoms with E-state index in [9.17, 15) is 4.79 Å². The van der Waals surface area contributed by atoms with Crippen LogP contribution in [0.5, 0.6) is 5.75 Å². The van der Waals surface area contributed by atoms with Crippen molar-refractivity contribution >= 4 is 17.6 Å². The number of nitrogens with zero attached hydrogens (tertiary/aromatic N) is 1. The molecular weight excluding hydrogens is 290 g/mol. The molecule has 112 valence electrons. The Morgan fingerprint density at radius 3 is 2.48 bits per heavy atom. The highest BCUT2D eigenvalue weighted by Gasteiger charge is 2.22. The van der Waals surface area contributed by atoms with Crippen LogP contribution in [-0.2, 0) is 4.79 Å². The molecule has 1 aromatic carbocycles. The summed E-state index contributed by atoms with van der Waals surface area (Å²) >= 11 is 5.99. The third kappa shape index (κ3) is 4.37. The van der Waals surface area contributed by atoms with Crippen LogP contribution in [0.2, 0.25) is 5.02 Å². The molecule has 0 radical (unpaired) electrons. The normalized spacial score (nSPS) is 22.7. The maximum absolute atomic E-state index is 11.0. The van der Waals surface area contributed by atoms with Gasteiger partial charge in [0, 0.05) is 6.07 Å². The van der Waals surface area contributed by atoms with Crippen LogP contribution in [0.25, 0.3) is 0 Å². The first-order chi connectivity index (χ1) is 10.1. The highest BCUT2D eigenvalue weighted by Crippen LogP contribution is 2.28. The Morgan fingerprint density at radius 1 is 1.29 bits per heavy atom. The van der Waals surface area contributed by atoms with Gasteiger partial charge >= 0.3 is 5.97 Å². The smallest absolute Gasteiger partial charge is 0.306 e. The highest BCUT2D eigenvalue weighted by atomic mass is 35.5. The van der Waals surface area contributed by atoms with Crippen molar-refractivity contribution in [2.75, 3.05) is 0 Å². The summed E-state index contributed by atoms with van der Waals surface area (Å²) in [5, 5.41) is 18.3. The van der Waals surface area contributed by atoms with Gasteiger partial charge in [-0.25, -0.2) is 0 Å². The van der Waals surface area contributed by atoms with Gasteiger partial charge in [0.1, 0.15) is 11.8 Å². The van der Waals surface area contributed by atoms with Crippen LogP contribution in [0.15, 0.2) is 18.2 Å². The lowest BCUT2D eigenvalue weighted by molar-refractivity contribution is -0.142. The lowest BCUT2D eigenvalue weighted by Crippen LogP contribution is -2.22. The maximum Gasteiger partial charge on any atom is 0.306 e. The Morgan fingerprint density at radius 2 is 1.95 bits per heavy atom. The molecule has 1 aliphatic rings. The third-order valence-corrected chi connectivity index (χ3v) is 4.18. The second-order valence-electron chi connectivity index (χ2n) is 5.39. The first-order valence-corrected chi connectivity index (χ1v) is 7.57. The van der Waals surface area contributed by atoms with E-state index in [1.165, 1.54) is 0 Å². The van der Waals surface area contributed by atoms with Crippen LogP contribution in [0.3, 0.4) is 0 Å². The SMILES string of the molecule is N#Cc1ccc(O[C@H]2CCC[C@H](C(=O)O)CCC2)cc1Cl. The quantitative estimate of drug-likeness (QED) is 0.915. The van der Waals surface area contributed by atoms with Crippen molar-refractivity contribution in [3.8, 4) is 11.8 Å². The molecule has 1 aromatic rings. The highest BCUT2D eigenvalue weighted by molar-refractivity contribution is 6.31. The van der Waals surface area contributed by atoms with E-state index < -0.39 is 5.97 Å². The van der Waals surface area contributed by atoms with Crippen molar-refractivity contribution in [2.24, 2.45) is 5.92 Å². The molecule has 1 saturated carbocycles. The van der Waals surface area contributed by atoms with Crippen molar-refractivity contribution in [2.45, 2.75) is 44.6 Å². The van der Waals surface area contributed by atoms with Gasteiger partial charge in [-0.2, -0.15) is 5.26 Å². The molecule has 0 bridgehead atoms. The van der Waals surface area contributed by atoms with Crippen LogP contribution in [0, 0.1) is 17.2 Å². The molecule has 0 amide bonds. The Kier molecular flexibility index (Phi) is 5.46. The van der Waals surface area contributed by atoms with Crippen LogP contribution < -0.4 is 4.74 Å². The van der Waals surface area contributed by atoms with E-state index in [2.05, 4.69) is 0 Å². The summed E-state index contributed by atoms with van der Waals surface area (Å²) in [6.45, 7) is 0. The molecular formula is C16H18ClNO3. The number of ether oxygens (including phenoxy) is 1. The minimum Gasteiger partial charge on any atom is -0.490 e. The van der Waals surface area contributed by atoms with E-state index >= 15 is 0 Å². The van der Waals surface area contributed by atoms with Crippen molar-refractivity contribution < 1.29 is 14.6 Å². The fraction of sp³-hybridized carbons (Fsp3) is 0.500. The van der Waals surface area contributed by atoms with Crippen molar-refractivity contribution in [3.05, 3.63) is 28.8 Å². The third-order valence-electron chi connectivity index (χ3n) is 3.87. The van der Waals surface area contributed by atoms with Gasteiger partial charge in [-0.3, -0.25) is 4.79 Å². The van der Waals surface area contributed by atoms with E-state index in [4.69, 9.17) is 26.7 Å². The second-order valence-corrected chi connectivity index (χ2v) is 5.80. The number of carboxylic acid groups (broad SMARTS) is 1. The van der Waals surface area contributed by atoms with Gasteiger partial charge < -0.3 is 9.84 Å². The number of halogens is 1. The van der Waals surface area contributed by atoms with Gasteiger partial charge in [-0.15, -0.1) is 0 Å². The molecule has 0 atom stereocenters. The summed E-state index contributed by atoms with van der Waals surface area (Å²) < 4.78 is 5.93. The average Bonchev–Trinajstić information content (AvgIpc) is 2.41. The first kappa shape index (κ1) is 15.7. The van der Waals surface area contributed by atoms with Crippen molar-refractivity contribution in [1.29, 1.82) is 5.26 Å². The molecule has 5 heteroatoms. The van der Waals surface area contributed by atoms with Crippen molar-refractivity contribution in [3.63, 3.8) is 0 Å². The number of nitriles is 1. The second kappa shape index (κ2) is 7.33. The standard InChI is InChI=1S/C16H18ClNO3/c17-15-9-14(8-7-12(15)10-18)21-13-5-1-3-11(16(19)20)4-2-6-13/h7-9,11,13H,1-6H2,(H,19,20)/t11-,13-. The van der Waals surface area contributed by atoms with Crippen LogP contribution in [0.1, 0.15) is 44.1 Å². The summed E-state index contributed by atoms with van der Waals surface area (Å²) in [7, 11) is 0. The lowest BCUT2D eigenvalue weighted by atomic mass is 9.90. The summed E-state index contributed by atoms with van der Waals surface area (Å²) in [6, 6.07) is 7.09. The summed E-state index contributed by atoms with van der Waals surface area (Å²) in [4.78, 5) is 11.0. The molecule has 1 fully saturated rings. The van der Waals surface area contributed by atoms with E-state index in [0.717, 1.165) is 25.7 Å². The lowest BCUT2D eigenvalue weighted by Gasteiger charge is -2.23. The molecule has 4 nitrogen and oxygen atoms in total. The number of benzene rings is 1. The van der Waals surface area contributed by atoms with Crippen LogP contribution in [0.4, 0.5) is 0 Å². The first-order valence-electron chi connectivity index (χ1n) is 7.19. The van der Waals surface area contributed by atoms with Gasteiger partial charge in [-0.1, -0.05) is 11.6 Å². The number of carbonyl (C=O) groups is 1. The number of rotatable bonds is 3. The predicted octanol–water partition coefficient (Wildman–Crippen LogP) is 4.01. The molecule has 0 unspecified atom stereocenters. The largest absolute Gasteiger partial charge is 0.490 e. The van der Waals surface area contributed by atoms with Crippen LogP contribution >= 0.6 is 11.6 Å². The molecule has 21 heavy (non-hydrogen) atoms. The summed E-state index contributed by atoms with van der Waals surface area (Å²) in [5.41, 5.74) is 0.436. The van der Waals surface area contributed by atoms with Gasteiger partial charge in [0.05, 0.1) is 22.6 Å². The zero-order valence-corrected chi connectivity index (χ0v) is 12.5. The molecule has 2 rings (SSSR count). The Labute approximate surface area is 129 Å². The Bertz CT molecular complexity index is 543. The zero-order chi connectivity index (χ0) is 15.2. The topological polar surface area (TPSA) is 70.3 Å². The van der Waals surface area contributed by atoms with Gasteiger partial charge in [0.25, 0.3) is 0 Å². The van der Waals surface area contributed by atoms with E-state index in [-0.39, 0.29) is 12.0 Å². The number of aliphatic carboxylic acids is 1. The molecule has 0 aliphatic heterocycles. The van der Waals surface area contributed by atoms with Crippen LogP contribution in [-0.4, -0.2) is 17.2 Å². The molecule has 0 aromatic heterocycles. The number of hydrogen-bond acceptors (Lipinski definition) is 3. The predicted molar refractivity (Wildman–Crippen MR) is 79.4 cm³/mol. The fourth-order valence-electron chi connectivity index (χ4n) is 2.69. The average molecular weight is 308 g/mol. The molecule has 1 aliphatic carbocycles. The summed E-state index contributed by atoms with van der Waals surface area (Å²) in [5.74, 6) is -0.233. The van der Waals surface area contributed by atoms with Gasteiger partial charge in [-0.05, 0) is 50.7 Å². The summed E-state index contributed by atoms with van der Waals surface area (Å²) in [6.07, 6.45) is 4.91. The molecule has 0 saturated heterocycles. The monoisotopic (exact) mass is 307 g/mol. The molecule has 1 N–H and O–H groups in total. The van der Waals surface area contributed by atoms with E-state index in [0.29, 0.717) is 29.2 Å².